The number of fused-ring (bicyclic) bond motifs is 2. The number of aromatic nitrogens is 3. The van der Waals surface area contributed by atoms with Gasteiger partial charge in [-0.15, -0.1) is 0 Å². The molecule has 3 fully saturated rings. The second kappa shape index (κ2) is 11.6. The Bertz CT molecular complexity index is 1570. The molecule has 0 radical (unpaired) electrons. The highest BCUT2D eigenvalue weighted by Gasteiger charge is 2.35. The summed E-state index contributed by atoms with van der Waals surface area (Å²) in [5.41, 5.74) is -2.90. The molecule has 3 aliphatic heterocycles. The molecule has 3 aromatic rings. The Morgan fingerprint density at radius 3 is 2.42 bits per heavy atom. The van der Waals surface area contributed by atoms with E-state index in [0.717, 1.165) is 25.1 Å². The maximum atomic E-state index is 16.4. The second-order valence-electron chi connectivity index (χ2n) is 11.3. The third kappa shape index (κ3) is 5.68. The highest BCUT2D eigenvalue weighted by molar-refractivity contribution is 6.07. The molecule has 3 saturated heterocycles. The number of hydrogen-bond donors (Lipinski definition) is 2. The van der Waals surface area contributed by atoms with Crippen LogP contribution in [-0.4, -0.2) is 83.8 Å². The van der Waals surface area contributed by atoms with Crippen molar-refractivity contribution < 1.29 is 27.1 Å². The Balaban J connectivity index is 1.38. The fourth-order valence-electron chi connectivity index (χ4n) is 5.94. The number of aromatic amines is 1. The van der Waals surface area contributed by atoms with Crippen LogP contribution in [0, 0.1) is 11.6 Å². The molecular formula is C29H31F4N7O3. The summed E-state index contributed by atoms with van der Waals surface area (Å²) in [7, 11) is 1.93. The van der Waals surface area contributed by atoms with Gasteiger partial charge in [-0.05, 0) is 26.8 Å². The third-order valence-electron chi connectivity index (χ3n) is 8.43. The molecule has 1 amide bonds. The normalized spacial score (nSPS) is 22.3. The molecule has 228 valence electrons. The first kappa shape index (κ1) is 29.1. The van der Waals surface area contributed by atoms with Crippen molar-refractivity contribution in [1.82, 2.24) is 19.9 Å². The van der Waals surface area contributed by atoms with Gasteiger partial charge in [-0.3, -0.25) is 9.59 Å². The lowest BCUT2D eigenvalue weighted by Crippen LogP contribution is -2.50. The van der Waals surface area contributed by atoms with Gasteiger partial charge in [-0.1, -0.05) is 0 Å². The summed E-state index contributed by atoms with van der Waals surface area (Å²) in [6.07, 6.45) is 2.47. The van der Waals surface area contributed by atoms with Crippen molar-refractivity contribution in [1.29, 1.82) is 0 Å². The Kier molecular flexibility index (Phi) is 7.81. The molecule has 3 atom stereocenters. The number of amides is 1. The van der Waals surface area contributed by atoms with Crippen molar-refractivity contribution in [2.45, 2.75) is 44.4 Å². The van der Waals surface area contributed by atoms with Crippen LogP contribution in [0.2, 0.25) is 0 Å². The first-order valence-electron chi connectivity index (χ1n) is 14.1. The van der Waals surface area contributed by atoms with Crippen LogP contribution >= 0.6 is 0 Å². The Hall–Kier alpha value is -4.04. The molecule has 2 N–H and O–H groups in total. The number of rotatable bonds is 6. The van der Waals surface area contributed by atoms with Crippen molar-refractivity contribution in [2.75, 3.05) is 54.9 Å². The number of morpholine rings is 1. The number of halogens is 4. The summed E-state index contributed by atoms with van der Waals surface area (Å²) in [4.78, 5) is 41.7. The average molecular weight is 602 g/mol. The topological polar surface area (TPSA) is 107 Å². The van der Waals surface area contributed by atoms with Crippen molar-refractivity contribution in [3.63, 3.8) is 0 Å². The molecule has 6 rings (SSSR count). The van der Waals surface area contributed by atoms with E-state index in [0.29, 0.717) is 44.7 Å². The number of benzene rings is 1. The first-order chi connectivity index (χ1) is 20.6. The maximum Gasteiger partial charge on any atom is 0.264 e. The lowest BCUT2D eigenvalue weighted by atomic mass is 10.0. The van der Waals surface area contributed by atoms with E-state index in [1.807, 2.05) is 18.9 Å². The zero-order chi connectivity index (χ0) is 30.4. The highest BCUT2D eigenvalue weighted by Crippen LogP contribution is 2.39. The summed E-state index contributed by atoms with van der Waals surface area (Å²) >= 11 is 0. The van der Waals surface area contributed by atoms with E-state index in [2.05, 4.69) is 25.2 Å². The number of hydrogen-bond acceptors (Lipinski definition) is 8. The van der Waals surface area contributed by atoms with Crippen LogP contribution < -0.4 is 20.7 Å². The largest absolute Gasteiger partial charge is 0.371 e. The second-order valence-corrected chi connectivity index (χ2v) is 11.3. The fraction of sp³-hybridized carbons (Fsp3) is 0.448. The molecule has 2 aromatic heterocycles. The number of carbonyl (C=O) groups is 1. The predicted molar refractivity (Wildman–Crippen MR) is 152 cm³/mol. The van der Waals surface area contributed by atoms with Crippen LogP contribution in [0.3, 0.4) is 0 Å². The van der Waals surface area contributed by atoms with Gasteiger partial charge in [-0.2, -0.15) is 0 Å². The van der Waals surface area contributed by atoms with Gasteiger partial charge in [-0.25, -0.2) is 27.5 Å². The van der Waals surface area contributed by atoms with E-state index in [1.54, 1.807) is 4.90 Å². The monoisotopic (exact) mass is 601 g/mol. The van der Waals surface area contributed by atoms with Gasteiger partial charge in [0, 0.05) is 80.6 Å². The molecule has 10 nitrogen and oxygen atoms in total. The van der Waals surface area contributed by atoms with E-state index in [4.69, 9.17) is 4.74 Å². The number of H-pyrrole nitrogens is 1. The van der Waals surface area contributed by atoms with Crippen LogP contribution in [0.4, 0.5) is 34.9 Å². The number of pyridine rings is 1. The standard InChI is InChI=1S/C29H31F4N7O3/c1-15-12-39(6-5-38(15)2)22-8-21(30)24(16-9-35-29(36-10-16)40-13-17-3-4-18(14-40)43-17)25(31)26(22)37-28(42)20-11-34-23(41)7-19(20)27(32)33/h7-11,15,17-18,27H,3-6,12-14H2,1-2H3,(H,34,41)(H,37,42). The Labute approximate surface area is 244 Å². The number of alkyl halides is 2. The fourth-order valence-corrected chi connectivity index (χ4v) is 5.94. The smallest absolute Gasteiger partial charge is 0.264 e. The first-order valence-corrected chi connectivity index (χ1v) is 14.1. The molecule has 0 aliphatic carbocycles. The molecular weight excluding hydrogens is 570 g/mol. The molecule has 14 heteroatoms. The number of carbonyl (C=O) groups excluding carboxylic acids is 1. The van der Waals surface area contributed by atoms with E-state index in [1.165, 1.54) is 12.4 Å². The van der Waals surface area contributed by atoms with Gasteiger partial charge in [0.1, 0.15) is 11.5 Å². The van der Waals surface area contributed by atoms with Crippen molar-refractivity contribution in [3.8, 4) is 11.1 Å². The molecule has 0 saturated carbocycles. The van der Waals surface area contributed by atoms with E-state index < -0.39 is 46.2 Å². The maximum absolute atomic E-state index is 16.4. The minimum atomic E-state index is -3.13. The van der Waals surface area contributed by atoms with Crippen molar-refractivity contribution >= 4 is 23.2 Å². The number of nitrogens with one attached hydrogen (secondary N) is 2. The lowest BCUT2D eigenvalue weighted by molar-refractivity contribution is 0.0299. The summed E-state index contributed by atoms with van der Waals surface area (Å²) in [5.74, 6) is -2.66. The number of nitrogens with zero attached hydrogens (tertiary/aromatic N) is 5. The number of likely N-dealkylation sites (N-methyl/N-ethyl adjacent to an activating group) is 1. The summed E-state index contributed by atoms with van der Waals surface area (Å²) in [6.45, 7) is 4.60. The molecule has 3 aliphatic rings. The highest BCUT2D eigenvalue weighted by atomic mass is 19.3. The molecule has 5 heterocycles. The number of piperazine rings is 1. The average Bonchev–Trinajstić information content (AvgIpc) is 3.32. The van der Waals surface area contributed by atoms with Gasteiger partial charge in [0.25, 0.3) is 12.3 Å². The molecule has 2 bridgehead atoms. The zero-order valence-corrected chi connectivity index (χ0v) is 23.6. The summed E-state index contributed by atoms with van der Waals surface area (Å²) in [6, 6.07) is 1.78. The summed E-state index contributed by atoms with van der Waals surface area (Å²) < 4.78 is 65.4. The quantitative estimate of drug-likeness (QED) is 0.411. The van der Waals surface area contributed by atoms with Crippen molar-refractivity contribution in [3.05, 3.63) is 63.8 Å². The molecule has 0 spiro atoms. The van der Waals surface area contributed by atoms with Crippen LogP contribution in [0.5, 0.6) is 0 Å². The Morgan fingerprint density at radius 2 is 1.77 bits per heavy atom. The lowest BCUT2D eigenvalue weighted by Gasteiger charge is -2.39. The molecule has 1 aromatic carbocycles. The van der Waals surface area contributed by atoms with Gasteiger partial charge in [0.2, 0.25) is 11.5 Å². The predicted octanol–water partition coefficient (Wildman–Crippen LogP) is 3.81. The molecule has 43 heavy (non-hydrogen) atoms. The van der Waals surface area contributed by atoms with Gasteiger partial charge < -0.3 is 29.7 Å². The number of ether oxygens (including phenoxy) is 1. The van der Waals surface area contributed by atoms with Crippen molar-refractivity contribution in [2.24, 2.45) is 0 Å². The van der Waals surface area contributed by atoms with E-state index >= 15 is 8.78 Å². The van der Waals surface area contributed by atoms with Gasteiger partial charge in [0.15, 0.2) is 5.82 Å². The molecule has 3 unspecified atom stereocenters. The van der Waals surface area contributed by atoms with Crippen LogP contribution in [0.1, 0.15) is 42.1 Å². The van der Waals surface area contributed by atoms with E-state index in [-0.39, 0.29) is 35.2 Å². The third-order valence-corrected chi connectivity index (χ3v) is 8.43. The van der Waals surface area contributed by atoms with E-state index in [9.17, 15) is 18.4 Å². The number of anilines is 3. The van der Waals surface area contributed by atoms with Crippen LogP contribution in [0.15, 0.2) is 35.5 Å². The van der Waals surface area contributed by atoms with Crippen LogP contribution in [-0.2, 0) is 4.74 Å². The van der Waals surface area contributed by atoms with Gasteiger partial charge >= 0.3 is 0 Å². The minimum Gasteiger partial charge on any atom is -0.371 e. The minimum absolute atomic E-state index is 0.0316. The van der Waals surface area contributed by atoms with Crippen LogP contribution in [0.25, 0.3) is 11.1 Å². The summed E-state index contributed by atoms with van der Waals surface area (Å²) in [5, 5.41) is 2.40. The Morgan fingerprint density at radius 1 is 1.07 bits per heavy atom. The zero-order valence-electron chi connectivity index (χ0n) is 23.6. The van der Waals surface area contributed by atoms with Gasteiger partial charge in [0.05, 0.1) is 29.0 Å². The SMILES string of the molecule is CC1CN(c2cc(F)c(-c3cnc(N4CC5CCC(C4)O5)nc3)c(F)c2NC(=O)c2c[nH]c(=O)cc2C(F)F)CCN1C.